The summed E-state index contributed by atoms with van der Waals surface area (Å²) in [7, 11) is 0. The van der Waals surface area contributed by atoms with E-state index in [0.29, 0.717) is 30.9 Å². The van der Waals surface area contributed by atoms with Gasteiger partial charge in [0.1, 0.15) is 11.3 Å². The minimum Gasteiger partial charge on any atom is -0.482 e. The van der Waals surface area contributed by atoms with Crippen molar-refractivity contribution in [3.05, 3.63) is 90.8 Å². The second-order valence-electron chi connectivity index (χ2n) is 8.35. The molecular weight excluding hydrogens is 642 g/mol. The average molecular weight is 662 g/mol. The van der Waals surface area contributed by atoms with E-state index in [1.54, 1.807) is 54.6 Å². The summed E-state index contributed by atoms with van der Waals surface area (Å²) in [5.41, 5.74) is 2.68. The number of imide groups is 2. The van der Waals surface area contributed by atoms with Crippen molar-refractivity contribution in [3.63, 3.8) is 0 Å². The Morgan fingerprint density at radius 1 is 1.05 bits per heavy atom. The number of hydrogen-bond donors (Lipinski definition) is 2. The van der Waals surface area contributed by atoms with Gasteiger partial charge in [0.15, 0.2) is 6.61 Å². The predicted octanol–water partition coefficient (Wildman–Crippen LogP) is 6.17. The van der Waals surface area contributed by atoms with Gasteiger partial charge in [-0.15, -0.1) is 0 Å². The molecule has 4 rings (SSSR count). The Balaban J connectivity index is 1.64. The fraction of sp³-hybridized carbons (Fsp3) is 0.111. The van der Waals surface area contributed by atoms with Gasteiger partial charge in [0.2, 0.25) is 0 Å². The topological polar surface area (TPSA) is 105 Å². The van der Waals surface area contributed by atoms with Crippen LogP contribution in [0, 0.1) is 13.8 Å². The summed E-state index contributed by atoms with van der Waals surface area (Å²) in [5.74, 6) is -1.89. The Kier molecular flexibility index (Phi) is 8.35. The Hall–Kier alpha value is -3.47. The number of nitrogens with zero attached hydrogens (tertiary/aromatic N) is 1. The highest BCUT2D eigenvalue weighted by Crippen LogP contribution is 2.35. The number of carbonyl (C=O) groups excluding carboxylic acids is 4. The van der Waals surface area contributed by atoms with E-state index in [0.717, 1.165) is 16.0 Å². The fourth-order valence-corrected chi connectivity index (χ4v) is 5.19. The number of benzene rings is 3. The highest BCUT2D eigenvalue weighted by molar-refractivity contribution is 9.11. The van der Waals surface area contributed by atoms with Gasteiger partial charge in [0.25, 0.3) is 17.7 Å². The molecule has 8 nitrogen and oxygen atoms in total. The van der Waals surface area contributed by atoms with Crippen LogP contribution in [0.5, 0.6) is 5.75 Å². The van der Waals surface area contributed by atoms with Crippen molar-refractivity contribution in [1.29, 1.82) is 0 Å². The number of rotatable bonds is 6. The van der Waals surface area contributed by atoms with Crippen LogP contribution in [-0.2, 0) is 14.4 Å². The molecule has 1 fully saturated rings. The van der Waals surface area contributed by atoms with E-state index < -0.39 is 23.8 Å². The molecule has 1 aliphatic rings. The smallest absolute Gasteiger partial charge is 0.335 e. The fourth-order valence-electron chi connectivity index (χ4n) is 3.64. The number of carbonyl (C=O) groups is 4. The molecule has 194 valence electrons. The van der Waals surface area contributed by atoms with E-state index in [1.807, 2.05) is 13.8 Å². The molecule has 0 radical (unpaired) electrons. The SMILES string of the molecule is Cc1ccc(N2C(=O)NC(=O)/C(=C/c3cc(Br)cc(Br)c3OCC(=O)Nc3ccccc3Cl)C2=O)cc1C. The molecule has 0 saturated carbocycles. The molecule has 5 amide bonds. The van der Waals surface area contributed by atoms with Gasteiger partial charge in [-0.05, 0) is 83.4 Å². The number of anilines is 2. The van der Waals surface area contributed by atoms with Crippen molar-refractivity contribution in [2.24, 2.45) is 0 Å². The Morgan fingerprint density at radius 2 is 1.79 bits per heavy atom. The number of para-hydroxylation sites is 1. The number of nitrogens with one attached hydrogen (secondary N) is 2. The summed E-state index contributed by atoms with van der Waals surface area (Å²) >= 11 is 12.9. The van der Waals surface area contributed by atoms with Crippen LogP contribution in [0.4, 0.5) is 16.2 Å². The van der Waals surface area contributed by atoms with Crippen LogP contribution in [-0.4, -0.2) is 30.4 Å². The van der Waals surface area contributed by atoms with Gasteiger partial charge in [-0.25, -0.2) is 9.69 Å². The maximum atomic E-state index is 13.4. The van der Waals surface area contributed by atoms with Gasteiger partial charge in [-0.3, -0.25) is 19.7 Å². The molecule has 0 spiro atoms. The first-order chi connectivity index (χ1) is 18.0. The van der Waals surface area contributed by atoms with Crippen molar-refractivity contribution in [3.8, 4) is 5.75 Å². The van der Waals surface area contributed by atoms with E-state index in [4.69, 9.17) is 16.3 Å². The van der Waals surface area contributed by atoms with E-state index in [-0.39, 0.29) is 17.9 Å². The molecule has 0 aliphatic carbocycles. The second-order valence-corrected chi connectivity index (χ2v) is 10.5. The summed E-state index contributed by atoms with van der Waals surface area (Å²) in [5, 5.41) is 5.25. The van der Waals surface area contributed by atoms with Crippen LogP contribution in [0.3, 0.4) is 0 Å². The molecule has 3 aromatic rings. The highest BCUT2D eigenvalue weighted by Gasteiger charge is 2.37. The first-order valence-electron chi connectivity index (χ1n) is 11.2. The predicted molar refractivity (Wildman–Crippen MR) is 152 cm³/mol. The third-order valence-corrected chi connectivity index (χ3v) is 7.06. The molecule has 0 bridgehead atoms. The Bertz CT molecular complexity index is 1520. The molecular formula is C27H20Br2ClN3O5. The Labute approximate surface area is 240 Å². The maximum Gasteiger partial charge on any atom is 0.335 e. The molecule has 3 aromatic carbocycles. The molecule has 38 heavy (non-hydrogen) atoms. The normalized spacial score (nSPS) is 14.5. The van der Waals surface area contributed by atoms with Gasteiger partial charge in [-0.2, -0.15) is 0 Å². The van der Waals surface area contributed by atoms with Gasteiger partial charge in [0.05, 0.1) is 20.9 Å². The third kappa shape index (κ3) is 5.98. The van der Waals surface area contributed by atoms with E-state index in [9.17, 15) is 19.2 Å². The zero-order chi connectivity index (χ0) is 27.6. The number of barbiturate groups is 1. The zero-order valence-corrected chi connectivity index (χ0v) is 24.0. The van der Waals surface area contributed by atoms with Crippen LogP contribution >= 0.6 is 43.5 Å². The summed E-state index contributed by atoms with van der Waals surface area (Å²) in [6.45, 7) is 3.39. The Morgan fingerprint density at radius 3 is 2.50 bits per heavy atom. The lowest BCUT2D eigenvalue weighted by atomic mass is 10.0. The largest absolute Gasteiger partial charge is 0.482 e. The molecule has 1 saturated heterocycles. The molecule has 11 heteroatoms. The summed E-state index contributed by atoms with van der Waals surface area (Å²) in [4.78, 5) is 52.1. The number of urea groups is 1. The maximum absolute atomic E-state index is 13.4. The lowest BCUT2D eigenvalue weighted by Gasteiger charge is -2.27. The van der Waals surface area contributed by atoms with Crippen LogP contribution in [0.15, 0.2) is 69.1 Å². The van der Waals surface area contributed by atoms with Crippen LogP contribution < -0.4 is 20.3 Å². The number of aryl methyl sites for hydroxylation is 2. The van der Waals surface area contributed by atoms with E-state index >= 15 is 0 Å². The summed E-state index contributed by atoms with van der Waals surface area (Å²) in [6.07, 6.45) is 1.31. The van der Waals surface area contributed by atoms with Gasteiger partial charge < -0.3 is 10.1 Å². The van der Waals surface area contributed by atoms with Crippen LogP contribution in [0.1, 0.15) is 16.7 Å². The molecule has 0 aromatic heterocycles. The second kappa shape index (κ2) is 11.5. The lowest BCUT2D eigenvalue weighted by Crippen LogP contribution is -2.54. The molecule has 2 N–H and O–H groups in total. The quantitative estimate of drug-likeness (QED) is 0.243. The van der Waals surface area contributed by atoms with Gasteiger partial charge in [-0.1, -0.05) is 45.7 Å². The van der Waals surface area contributed by atoms with Crippen LogP contribution in [0.25, 0.3) is 6.08 Å². The van der Waals surface area contributed by atoms with Gasteiger partial charge in [0, 0.05) is 10.0 Å². The van der Waals surface area contributed by atoms with Crippen molar-refractivity contribution in [2.45, 2.75) is 13.8 Å². The minimum absolute atomic E-state index is 0.213. The van der Waals surface area contributed by atoms with Crippen molar-refractivity contribution >= 4 is 84.7 Å². The van der Waals surface area contributed by atoms with Crippen molar-refractivity contribution < 1.29 is 23.9 Å². The van der Waals surface area contributed by atoms with Crippen LogP contribution in [0.2, 0.25) is 5.02 Å². The molecule has 1 heterocycles. The minimum atomic E-state index is -0.849. The lowest BCUT2D eigenvalue weighted by molar-refractivity contribution is -0.122. The molecule has 1 aliphatic heterocycles. The average Bonchev–Trinajstić information content (AvgIpc) is 2.84. The first kappa shape index (κ1) is 27.6. The molecule has 0 atom stereocenters. The van der Waals surface area contributed by atoms with E-state index in [1.165, 1.54) is 6.08 Å². The summed E-state index contributed by atoms with van der Waals surface area (Å²) in [6, 6.07) is 14.4. The standard InChI is InChI=1S/C27H20Br2ClN3O5/c1-14-7-8-18(9-15(14)2)33-26(36)19(25(35)32-27(33)37)11-16-10-17(28)12-20(29)24(16)38-13-23(34)31-22-6-4-3-5-21(22)30/h3-12H,13H2,1-2H3,(H,31,34)(H,32,35,37)/b19-11-. The van der Waals surface area contributed by atoms with E-state index in [2.05, 4.69) is 42.5 Å². The number of ether oxygens (including phenoxy) is 1. The highest BCUT2D eigenvalue weighted by atomic mass is 79.9. The van der Waals surface area contributed by atoms with Crippen molar-refractivity contribution in [1.82, 2.24) is 5.32 Å². The summed E-state index contributed by atoms with van der Waals surface area (Å²) < 4.78 is 6.87. The van der Waals surface area contributed by atoms with Gasteiger partial charge >= 0.3 is 6.03 Å². The number of halogens is 3. The number of amides is 5. The first-order valence-corrected chi connectivity index (χ1v) is 13.2. The zero-order valence-electron chi connectivity index (χ0n) is 20.1. The van der Waals surface area contributed by atoms with Crippen molar-refractivity contribution in [2.75, 3.05) is 16.8 Å². The molecule has 0 unspecified atom stereocenters. The monoisotopic (exact) mass is 659 g/mol. The third-order valence-electron chi connectivity index (χ3n) is 5.68. The number of hydrogen-bond acceptors (Lipinski definition) is 5.